The molecule has 0 spiro atoms. The lowest BCUT2D eigenvalue weighted by molar-refractivity contribution is 0.101. The highest BCUT2D eigenvalue weighted by molar-refractivity contribution is 6.02. The first kappa shape index (κ1) is 19.6. The van der Waals surface area contributed by atoms with E-state index in [0.717, 1.165) is 4.68 Å². The van der Waals surface area contributed by atoms with Crippen LogP contribution in [0.3, 0.4) is 0 Å². The molecule has 0 saturated carbocycles. The van der Waals surface area contributed by atoms with Crippen LogP contribution in [0.15, 0.2) is 53.6 Å². The van der Waals surface area contributed by atoms with Crippen LogP contribution >= 0.6 is 0 Å². The summed E-state index contributed by atoms with van der Waals surface area (Å²) in [7, 11) is 0. The summed E-state index contributed by atoms with van der Waals surface area (Å²) in [5, 5.41) is 6.78. The Morgan fingerprint density at radius 1 is 1.13 bits per heavy atom. The van der Waals surface area contributed by atoms with E-state index in [4.69, 9.17) is 4.74 Å². The van der Waals surface area contributed by atoms with Gasteiger partial charge in [-0.3, -0.25) is 9.59 Å². The smallest absolute Gasteiger partial charge is 0.277 e. The van der Waals surface area contributed by atoms with Gasteiger partial charge in [0.15, 0.2) is 0 Å². The fraction of sp³-hybridized carbons (Fsp3) is 0.250. The summed E-state index contributed by atoms with van der Waals surface area (Å²) in [4.78, 5) is 35.1. The molecule has 1 aliphatic heterocycles. The van der Waals surface area contributed by atoms with Crippen molar-refractivity contribution >= 4 is 17.5 Å². The Bertz CT molecular complexity index is 1110. The molecule has 4 rings (SSSR count). The van der Waals surface area contributed by atoms with Crippen LogP contribution in [0, 0.1) is 5.82 Å². The highest BCUT2D eigenvalue weighted by Crippen LogP contribution is 2.16. The number of anilines is 2. The minimum Gasteiger partial charge on any atom is -0.378 e. The summed E-state index contributed by atoms with van der Waals surface area (Å²) in [6, 6.07) is 10.1. The van der Waals surface area contributed by atoms with Crippen molar-refractivity contribution in [2.75, 3.05) is 36.5 Å². The van der Waals surface area contributed by atoms with Gasteiger partial charge in [-0.2, -0.15) is 5.10 Å². The SMILES string of the molecule is O=C(Nc1cc(N2CCOCC2)ncn1)c1ccc(=O)n(Cc2cccc(F)c2)n1. The summed E-state index contributed by atoms with van der Waals surface area (Å²) in [6.07, 6.45) is 1.37. The van der Waals surface area contributed by atoms with Crippen molar-refractivity contribution in [1.29, 1.82) is 0 Å². The van der Waals surface area contributed by atoms with Gasteiger partial charge in [-0.1, -0.05) is 12.1 Å². The van der Waals surface area contributed by atoms with E-state index < -0.39 is 17.3 Å². The van der Waals surface area contributed by atoms with Crippen LogP contribution in [0.25, 0.3) is 0 Å². The largest absolute Gasteiger partial charge is 0.378 e. The van der Waals surface area contributed by atoms with Crippen molar-refractivity contribution in [3.63, 3.8) is 0 Å². The first-order valence-electron chi connectivity index (χ1n) is 9.37. The number of aromatic nitrogens is 4. The molecular weight excluding hydrogens is 391 g/mol. The highest BCUT2D eigenvalue weighted by atomic mass is 19.1. The summed E-state index contributed by atoms with van der Waals surface area (Å²) in [5.74, 6) is 0.0812. The minimum absolute atomic E-state index is 0.0394. The number of rotatable bonds is 5. The summed E-state index contributed by atoms with van der Waals surface area (Å²) in [6.45, 7) is 2.69. The van der Waals surface area contributed by atoms with Crippen molar-refractivity contribution in [2.45, 2.75) is 6.54 Å². The van der Waals surface area contributed by atoms with Gasteiger partial charge in [-0.05, 0) is 23.8 Å². The molecule has 1 saturated heterocycles. The fourth-order valence-electron chi connectivity index (χ4n) is 3.05. The van der Waals surface area contributed by atoms with Crippen LogP contribution in [0.5, 0.6) is 0 Å². The molecule has 0 radical (unpaired) electrons. The van der Waals surface area contributed by atoms with E-state index in [0.29, 0.717) is 43.5 Å². The van der Waals surface area contributed by atoms with Gasteiger partial charge in [0, 0.05) is 25.2 Å². The predicted octanol–water partition coefficient (Wildman–Crippen LogP) is 1.31. The second kappa shape index (κ2) is 8.78. The number of morpholine rings is 1. The quantitative estimate of drug-likeness (QED) is 0.677. The molecule has 2 aromatic heterocycles. The second-order valence-corrected chi connectivity index (χ2v) is 6.66. The monoisotopic (exact) mass is 410 g/mol. The van der Waals surface area contributed by atoms with Crippen molar-refractivity contribution in [3.05, 3.63) is 76.2 Å². The lowest BCUT2D eigenvalue weighted by Gasteiger charge is -2.27. The Hall–Kier alpha value is -3.66. The number of nitrogens with zero attached hydrogens (tertiary/aromatic N) is 5. The van der Waals surface area contributed by atoms with E-state index in [1.165, 1.54) is 30.6 Å². The Labute approximate surface area is 171 Å². The molecule has 1 aliphatic rings. The normalized spacial score (nSPS) is 13.8. The number of hydrogen-bond donors (Lipinski definition) is 1. The molecule has 10 heteroatoms. The molecule has 3 aromatic rings. The lowest BCUT2D eigenvalue weighted by Crippen LogP contribution is -2.36. The molecule has 0 bridgehead atoms. The zero-order chi connectivity index (χ0) is 20.9. The van der Waals surface area contributed by atoms with Crippen LogP contribution < -0.4 is 15.8 Å². The molecular formula is C20H19FN6O3. The lowest BCUT2D eigenvalue weighted by atomic mass is 10.2. The van der Waals surface area contributed by atoms with Gasteiger partial charge in [0.1, 0.15) is 29.5 Å². The zero-order valence-electron chi connectivity index (χ0n) is 16.0. The maximum absolute atomic E-state index is 13.4. The fourth-order valence-corrected chi connectivity index (χ4v) is 3.05. The molecule has 30 heavy (non-hydrogen) atoms. The minimum atomic E-state index is -0.519. The van der Waals surface area contributed by atoms with Crippen LogP contribution in [-0.4, -0.2) is 52.0 Å². The topological polar surface area (TPSA) is 102 Å². The van der Waals surface area contributed by atoms with E-state index in [1.807, 2.05) is 4.90 Å². The number of carbonyl (C=O) groups excluding carboxylic acids is 1. The van der Waals surface area contributed by atoms with Crippen LogP contribution in [0.2, 0.25) is 0 Å². The third-order valence-electron chi connectivity index (χ3n) is 4.55. The number of ether oxygens (including phenoxy) is 1. The average Bonchev–Trinajstić information content (AvgIpc) is 2.76. The second-order valence-electron chi connectivity index (χ2n) is 6.66. The van der Waals surface area contributed by atoms with Crippen molar-refractivity contribution in [2.24, 2.45) is 0 Å². The number of amides is 1. The molecule has 3 heterocycles. The van der Waals surface area contributed by atoms with Gasteiger partial charge in [0.25, 0.3) is 11.5 Å². The predicted molar refractivity (Wildman–Crippen MR) is 107 cm³/mol. The van der Waals surface area contributed by atoms with Gasteiger partial charge >= 0.3 is 0 Å². The van der Waals surface area contributed by atoms with Crippen LogP contribution in [-0.2, 0) is 11.3 Å². The van der Waals surface area contributed by atoms with Crippen LogP contribution in [0.4, 0.5) is 16.0 Å². The first-order chi connectivity index (χ1) is 14.6. The Kier molecular flexibility index (Phi) is 5.75. The third kappa shape index (κ3) is 4.66. The number of halogens is 1. The standard InChI is InChI=1S/C20H19FN6O3/c21-15-3-1-2-14(10-15)12-27-19(28)5-4-16(25-27)20(29)24-17-11-18(23-13-22-17)26-6-8-30-9-7-26/h1-5,10-11,13H,6-9,12H2,(H,22,23,24,29). The Morgan fingerprint density at radius 2 is 1.97 bits per heavy atom. The molecule has 9 nitrogen and oxygen atoms in total. The number of hydrogen-bond acceptors (Lipinski definition) is 7. The van der Waals surface area contributed by atoms with Crippen LogP contribution in [0.1, 0.15) is 16.1 Å². The maximum atomic E-state index is 13.4. The molecule has 1 amide bonds. The number of benzene rings is 1. The van der Waals surface area contributed by atoms with Gasteiger partial charge in [0.05, 0.1) is 19.8 Å². The summed E-state index contributed by atoms with van der Waals surface area (Å²) >= 11 is 0. The van der Waals surface area contributed by atoms with Crippen molar-refractivity contribution in [1.82, 2.24) is 19.7 Å². The number of carbonyl (C=O) groups is 1. The summed E-state index contributed by atoms with van der Waals surface area (Å²) < 4.78 is 19.8. The number of nitrogens with one attached hydrogen (secondary N) is 1. The van der Waals surface area contributed by atoms with Gasteiger partial charge in [0.2, 0.25) is 0 Å². The Balaban J connectivity index is 1.50. The Morgan fingerprint density at radius 3 is 2.77 bits per heavy atom. The van der Waals surface area contributed by atoms with E-state index in [1.54, 1.807) is 18.2 Å². The molecule has 1 N–H and O–H groups in total. The van der Waals surface area contributed by atoms with E-state index in [2.05, 4.69) is 20.4 Å². The highest BCUT2D eigenvalue weighted by Gasteiger charge is 2.15. The molecule has 154 valence electrons. The van der Waals surface area contributed by atoms with Gasteiger partial charge < -0.3 is 15.0 Å². The summed E-state index contributed by atoms with van der Waals surface area (Å²) in [5.41, 5.74) is 0.207. The molecule has 1 fully saturated rings. The van der Waals surface area contributed by atoms with E-state index in [-0.39, 0.29) is 12.2 Å². The third-order valence-corrected chi connectivity index (χ3v) is 4.55. The van der Waals surface area contributed by atoms with E-state index in [9.17, 15) is 14.0 Å². The zero-order valence-corrected chi connectivity index (χ0v) is 16.0. The van der Waals surface area contributed by atoms with Gasteiger partial charge in [-0.25, -0.2) is 19.0 Å². The first-order valence-corrected chi connectivity index (χ1v) is 9.37. The van der Waals surface area contributed by atoms with Crippen molar-refractivity contribution in [3.8, 4) is 0 Å². The molecule has 0 atom stereocenters. The molecule has 0 aliphatic carbocycles. The van der Waals surface area contributed by atoms with E-state index >= 15 is 0 Å². The molecule has 0 unspecified atom stereocenters. The average molecular weight is 410 g/mol. The van der Waals surface area contributed by atoms with Gasteiger partial charge in [-0.15, -0.1) is 0 Å². The van der Waals surface area contributed by atoms with Crippen molar-refractivity contribution < 1.29 is 13.9 Å². The maximum Gasteiger partial charge on any atom is 0.277 e. The molecule has 1 aromatic carbocycles.